The van der Waals surface area contributed by atoms with Gasteiger partial charge in [0.15, 0.2) is 0 Å². The van der Waals surface area contributed by atoms with Crippen LogP contribution in [0.1, 0.15) is 85.0 Å². The minimum atomic E-state index is 0.241. The molecule has 0 spiro atoms. The Morgan fingerprint density at radius 1 is 1.05 bits per heavy atom. The van der Waals surface area contributed by atoms with E-state index < -0.39 is 0 Å². The summed E-state index contributed by atoms with van der Waals surface area (Å²) in [5, 5.41) is 3.51. The predicted octanol–water partition coefficient (Wildman–Crippen LogP) is 4.67. The second kappa shape index (κ2) is 9.77. The lowest BCUT2D eigenvalue weighted by molar-refractivity contribution is -0.105. The zero-order chi connectivity index (χ0) is 14.0. The van der Waals surface area contributed by atoms with Crippen molar-refractivity contribution >= 4 is 0 Å². The standard InChI is InChI=1S/C17H35NO/c1-4-5-6-7-8-9-15-19-17(11-10-12-17)13-14-18-16(2)3/h16,18H,4-15H2,1-3H3. The average molecular weight is 269 g/mol. The van der Waals surface area contributed by atoms with Gasteiger partial charge in [-0.15, -0.1) is 0 Å². The first-order chi connectivity index (χ1) is 9.18. The van der Waals surface area contributed by atoms with E-state index in [0.717, 1.165) is 13.2 Å². The van der Waals surface area contributed by atoms with Crippen molar-refractivity contribution in [1.29, 1.82) is 0 Å². The molecule has 0 atom stereocenters. The molecule has 1 aliphatic rings. The summed E-state index contributed by atoms with van der Waals surface area (Å²) < 4.78 is 6.21. The minimum absolute atomic E-state index is 0.241. The maximum atomic E-state index is 6.21. The molecule has 2 nitrogen and oxygen atoms in total. The highest BCUT2D eigenvalue weighted by atomic mass is 16.5. The van der Waals surface area contributed by atoms with Gasteiger partial charge in [-0.3, -0.25) is 0 Å². The van der Waals surface area contributed by atoms with Gasteiger partial charge in [0.25, 0.3) is 0 Å². The molecule has 0 unspecified atom stereocenters. The highest BCUT2D eigenvalue weighted by Gasteiger charge is 2.37. The summed E-state index contributed by atoms with van der Waals surface area (Å²) in [7, 11) is 0. The van der Waals surface area contributed by atoms with E-state index >= 15 is 0 Å². The van der Waals surface area contributed by atoms with Gasteiger partial charge < -0.3 is 10.1 Å². The van der Waals surface area contributed by atoms with Crippen LogP contribution in [0.2, 0.25) is 0 Å². The molecule has 0 radical (unpaired) electrons. The second-order valence-corrected chi connectivity index (χ2v) is 6.51. The van der Waals surface area contributed by atoms with Gasteiger partial charge in [-0.05, 0) is 38.6 Å². The molecule has 1 saturated carbocycles. The van der Waals surface area contributed by atoms with E-state index in [1.807, 2.05) is 0 Å². The minimum Gasteiger partial charge on any atom is -0.375 e. The van der Waals surface area contributed by atoms with E-state index in [1.165, 1.54) is 64.2 Å². The third-order valence-corrected chi connectivity index (χ3v) is 4.30. The van der Waals surface area contributed by atoms with Crippen molar-refractivity contribution in [1.82, 2.24) is 5.32 Å². The first-order valence-corrected chi connectivity index (χ1v) is 8.56. The van der Waals surface area contributed by atoms with Crippen LogP contribution in [-0.4, -0.2) is 24.8 Å². The molecular weight excluding hydrogens is 234 g/mol. The first kappa shape index (κ1) is 17.0. The van der Waals surface area contributed by atoms with Gasteiger partial charge in [0, 0.05) is 12.6 Å². The monoisotopic (exact) mass is 269 g/mol. The summed E-state index contributed by atoms with van der Waals surface area (Å²) >= 11 is 0. The van der Waals surface area contributed by atoms with Gasteiger partial charge in [-0.2, -0.15) is 0 Å². The number of ether oxygens (including phenoxy) is 1. The van der Waals surface area contributed by atoms with Crippen molar-refractivity contribution < 1.29 is 4.74 Å². The molecule has 0 aliphatic heterocycles. The lowest BCUT2D eigenvalue weighted by atomic mass is 9.77. The van der Waals surface area contributed by atoms with Gasteiger partial charge in [0.05, 0.1) is 5.60 Å². The molecular formula is C17H35NO. The SMILES string of the molecule is CCCCCCCCOC1(CCNC(C)C)CCC1. The zero-order valence-corrected chi connectivity index (χ0v) is 13.5. The average Bonchev–Trinajstić information content (AvgIpc) is 2.33. The van der Waals surface area contributed by atoms with Gasteiger partial charge in [-0.1, -0.05) is 52.9 Å². The highest BCUT2D eigenvalue weighted by molar-refractivity contribution is 4.90. The van der Waals surface area contributed by atoms with E-state index in [0.29, 0.717) is 6.04 Å². The van der Waals surface area contributed by atoms with Crippen LogP contribution in [0.25, 0.3) is 0 Å². The molecule has 1 N–H and O–H groups in total. The third kappa shape index (κ3) is 7.31. The fourth-order valence-electron chi connectivity index (χ4n) is 2.80. The van der Waals surface area contributed by atoms with Crippen LogP contribution in [0.4, 0.5) is 0 Å². The Balaban J connectivity index is 2.01. The fraction of sp³-hybridized carbons (Fsp3) is 1.00. The van der Waals surface area contributed by atoms with Crippen LogP contribution in [-0.2, 0) is 4.74 Å². The number of hydrogen-bond acceptors (Lipinski definition) is 2. The van der Waals surface area contributed by atoms with Crippen molar-refractivity contribution in [2.75, 3.05) is 13.2 Å². The van der Waals surface area contributed by atoms with Crippen LogP contribution < -0.4 is 5.32 Å². The summed E-state index contributed by atoms with van der Waals surface area (Å²) in [5.41, 5.74) is 0.241. The van der Waals surface area contributed by atoms with Crippen LogP contribution >= 0.6 is 0 Å². The van der Waals surface area contributed by atoms with Crippen molar-refractivity contribution in [2.45, 2.75) is 96.6 Å². The van der Waals surface area contributed by atoms with Crippen molar-refractivity contribution in [3.8, 4) is 0 Å². The van der Waals surface area contributed by atoms with E-state index in [2.05, 4.69) is 26.1 Å². The molecule has 2 heteroatoms. The van der Waals surface area contributed by atoms with Crippen LogP contribution in [0.3, 0.4) is 0 Å². The van der Waals surface area contributed by atoms with Crippen LogP contribution in [0.5, 0.6) is 0 Å². The Morgan fingerprint density at radius 3 is 2.32 bits per heavy atom. The second-order valence-electron chi connectivity index (χ2n) is 6.51. The number of unbranched alkanes of at least 4 members (excludes halogenated alkanes) is 5. The Labute approximate surface area is 120 Å². The van der Waals surface area contributed by atoms with Gasteiger partial charge >= 0.3 is 0 Å². The smallest absolute Gasteiger partial charge is 0.0694 e. The molecule has 0 aromatic heterocycles. The summed E-state index contributed by atoms with van der Waals surface area (Å²) in [6, 6.07) is 0.593. The molecule has 1 aliphatic carbocycles. The summed E-state index contributed by atoms with van der Waals surface area (Å²) in [6.07, 6.45) is 13.2. The topological polar surface area (TPSA) is 21.3 Å². The molecule has 1 rings (SSSR count). The Bertz CT molecular complexity index is 211. The number of rotatable bonds is 12. The Hall–Kier alpha value is -0.0800. The zero-order valence-electron chi connectivity index (χ0n) is 13.5. The molecule has 0 aromatic rings. The lowest BCUT2D eigenvalue weighted by Gasteiger charge is -2.42. The van der Waals surface area contributed by atoms with E-state index in [1.54, 1.807) is 0 Å². The van der Waals surface area contributed by atoms with Crippen molar-refractivity contribution in [2.24, 2.45) is 0 Å². The quantitative estimate of drug-likeness (QED) is 0.520. The predicted molar refractivity (Wildman–Crippen MR) is 83.7 cm³/mol. The molecule has 19 heavy (non-hydrogen) atoms. The maximum absolute atomic E-state index is 6.21. The maximum Gasteiger partial charge on any atom is 0.0694 e. The Kier molecular flexibility index (Phi) is 8.72. The van der Waals surface area contributed by atoms with Crippen LogP contribution in [0.15, 0.2) is 0 Å². The van der Waals surface area contributed by atoms with Crippen LogP contribution in [0, 0.1) is 0 Å². The molecule has 1 fully saturated rings. The van der Waals surface area contributed by atoms with Gasteiger partial charge in [0.2, 0.25) is 0 Å². The molecule has 0 heterocycles. The van der Waals surface area contributed by atoms with Crippen molar-refractivity contribution in [3.05, 3.63) is 0 Å². The summed E-state index contributed by atoms with van der Waals surface area (Å²) in [6.45, 7) is 8.78. The van der Waals surface area contributed by atoms with E-state index in [9.17, 15) is 0 Å². The Morgan fingerprint density at radius 2 is 1.74 bits per heavy atom. The van der Waals surface area contributed by atoms with E-state index in [4.69, 9.17) is 4.74 Å². The third-order valence-electron chi connectivity index (χ3n) is 4.30. The normalized spacial score (nSPS) is 17.7. The van der Waals surface area contributed by atoms with Gasteiger partial charge in [-0.25, -0.2) is 0 Å². The fourth-order valence-corrected chi connectivity index (χ4v) is 2.80. The summed E-state index contributed by atoms with van der Waals surface area (Å²) in [4.78, 5) is 0. The number of nitrogens with one attached hydrogen (secondary N) is 1. The summed E-state index contributed by atoms with van der Waals surface area (Å²) in [5.74, 6) is 0. The molecule has 114 valence electrons. The molecule has 0 bridgehead atoms. The lowest BCUT2D eigenvalue weighted by Crippen LogP contribution is -2.43. The van der Waals surface area contributed by atoms with Crippen molar-refractivity contribution in [3.63, 3.8) is 0 Å². The first-order valence-electron chi connectivity index (χ1n) is 8.56. The van der Waals surface area contributed by atoms with Gasteiger partial charge in [0.1, 0.15) is 0 Å². The van der Waals surface area contributed by atoms with E-state index in [-0.39, 0.29) is 5.60 Å². The molecule has 0 aromatic carbocycles. The molecule has 0 saturated heterocycles. The molecule has 0 amide bonds. The number of hydrogen-bond donors (Lipinski definition) is 1. The highest BCUT2D eigenvalue weighted by Crippen LogP contribution is 2.38. The largest absolute Gasteiger partial charge is 0.375 e.